The first-order chi connectivity index (χ1) is 13.2. The van der Waals surface area contributed by atoms with E-state index in [9.17, 15) is 17.6 Å². The number of nitrogens with one attached hydrogen (secondary N) is 1. The molecule has 150 valence electrons. The molecular formula is C21H25FN2O3S. The molecule has 0 radical (unpaired) electrons. The zero-order valence-electron chi connectivity index (χ0n) is 16.3. The molecule has 0 bridgehead atoms. The van der Waals surface area contributed by atoms with Crippen LogP contribution in [0.3, 0.4) is 0 Å². The van der Waals surface area contributed by atoms with E-state index in [0.29, 0.717) is 12.2 Å². The first kappa shape index (κ1) is 20.5. The van der Waals surface area contributed by atoms with Gasteiger partial charge in [-0.1, -0.05) is 18.6 Å². The lowest BCUT2D eigenvalue weighted by Crippen LogP contribution is -2.42. The monoisotopic (exact) mass is 404 g/mol. The van der Waals surface area contributed by atoms with Crippen molar-refractivity contribution in [2.75, 3.05) is 11.9 Å². The van der Waals surface area contributed by atoms with Gasteiger partial charge in [-0.3, -0.25) is 4.79 Å². The third kappa shape index (κ3) is 3.95. The number of hydrogen-bond acceptors (Lipinski definition) is 3. The van der Waals surface area contributed by atoms with Crippen LogP contribution in [0.1, 0.15) is 47.7 Å². The van der Waals surface area contributed by atoms with Crippen LogP contribution in [0.15, 0.2) is 41.3 Å². The molecule has 1 amide bonds. The summed E-state index contributed by atoms with van der Waals surface area (Å²) in [7, 11) is -3.79. The van der Waals surface area contributed by atoms with Crippen molar-refractivity contribution >= 4 is 21.6 Å². The second-order valence-corrected chi connectivity index (χ2v) is 9.19. The summed E-state index contributed by atoms with van der Waals surface area (Å²) in [5.41, 5.74) is 2.16. The molecule has 7 heteroatoms. The van der Waals surface area contributed by atoms with Crippen molar-refractivity contribution in [2.45, 2.75) is 51.0 Å². The minimum Gasteiger partial charge on any atom is -0.322 e. The number of anilines is 1. The summed E-state index contributed by atoms with van der Waals surface area (Å²) in [6.45, 7) is 6.08. The van der Waals surface area contributed by atoms with Gasteiger partial charge in [0.05, 0.1) is 10.5 Å². The topological polar surface area (TPSA) is 66.5 Å². The average Bonchev–Trinajstić information content (AvgIpc) is 2.65. The highest BCUT2D eigenvalue weighted by Crippen LogP contribution is 2.27. The predicted molar refractivity (Wildman–Crippen MR) is 107 cm³/mol. The van der Waals surface area contributed by atoms with E-state index in [0.717, 1.165) is 42.5 Å². The normalized spacial score (nSPS) is 18.1. The van der Waals surface area contributed by atoms with Crippen molar-refractivity contribution in [3.05, 3.63) is 58.9 Å². The van der Waals surface area contributed by atoms with Crippen molar-refractivity contribution in [1.29, 1.82) is 0 Å². The maximum absolute atomic E-state index is 14.3. The molecule has 1 aliphatic rings. The highest BCUT2D eigenvalue weighted by molar-refractivity contribution is 7.89. The number of hydrogen-bond donors (Lipinski definition) is 1. The Balaban J connectivity index is 1.93. The summed E-state index contributed by atoms with van der Waals surface area (Å²) in [6, 6.07) is 8.72. The van der Waals surface area contributed by atoms with Crippen molar-refractivity contribution in [3.63, 3.8) is 0 Å². The number of carbonyl (C=O) groups is 1. The van der Waals surface area contributed by atoms with E-state index in [2.05, 4.69) is 5.32 Å². The molecule has 1 atom stereocenters. The van der Waals surface area contributed by atoms with Gasteiger partial charge in [0.25, 0.3) is 5.91 Å². The fourth-order valence-electron chi connectivity index (χ4n) is 3.48. The van der Waals surface area contributed by atoms with Crippen LogP contribution >= 0.6 is 0 Å². The van der Waals surface area contributed by atoms with E-state index in [1.165, 1.54) is 10.4 Å². The van der Waals surface area contributed by atoms with Gasteiger partial charge in [0.2, 0.25) is 10.0 Å². The van der Waals surface area contributed by atoms with Gasteiger partial charge in [0, 0.05) is 18.3 Å². The summed E-state index contributed by atoms with van der Waals surface area (Å²) >= 11 is 0. The zero-order valence-corrected chi connectivity index (χ0v) is 17.1. The quantitative estimate of drug-likeness (QED) is 0.828. The third-order valence-corrected chi connectivity index (χ3v) is 7.39. The van der Waals surface area contributed by atoms with E-state index in [1.54, 1.807) is 12.1 Å². The van der Waals surface area contributed by atoms with E-state index < -0.39 is 21.7 Å². The van der Waals surface area contributed by atoms with Crippen LogP contribution < -0.4 is 5.32 Å². The maximum atomic E-state index is 14.3. The first-order valence-electron chi connectivity index (χ1n) is 9.41. The highest BCUT2D eigenvalue weighted by Gasteiger charge is 2.31. The molecule has 1 aliphatic heterocycles. The van der Waals surface area contributed by atoms with Gasteiger partial charge in [0.15, 0.2) is 0 Å². The molecule has 0 aromatic heterocycles. The lowest BCUT2D eigenvalue weighted by molar-refractivity contribution is 0.102. The van der Waals surface area contributed by atoms with Gasteiger partial charge >= 0.3 is 0 Å². The Morgan fingerprint density at radius 3 is 2.64 bits per heavy atom. The van der Waals surface area contributed by atoms with Gasteiger partial charge in [0.1, 0.15) is 5.82 Å². The molecule has 3 rings (SSSR count). The summed E-state index contributed by atoms with van der Waals surface area (Å²) < 4.78 is 41.8. The molecule has 1 N–H and O–H groups in total. The highest BCUT2D eigenvalue weighted by atomic mass is 32.2. The Labute approximate surface area is 165 Å². The van der Waals surface area contributed by atoms with Gasteiger partial charge < -0.3 is 5.32 Å². The molecular weight excluding hydrogens is 379 g/mol. The Bertz CT molecular complexity index is 1000. The third-order valence-electron chi connectivity index (χ3n) is 5.38. The van der Waals surface area contributed by atoms with E-state index in [4.69, 9.17) is 0 Å². The minimum atomic E-state index is -3.79. The molecule has 0 aliphatic carbocycles. The van der Waals surface area contributed by atoms with Crippen LogP contribution in [-0.4, -0.2) is 31.2 Å². The lowest BCUT2D eigenvalue weighted by Gasteiger charge is -2.32. The summed E-state index contributed by atoms with van der Waals surface area (Å²) in [5.74, 6) is -1.43. The van der Waals surface area contributed by atoms with Crippen molar-refractivity contribution < 1.29 is 17.6 Å². The molecule has 5 nitrogen and oxygen atoms in total. The number of carbonyl (C=O) groups excluding carboxylic acids is 1. The van der Waals surface area contributed by atoms with Crippen molar-refractivity contribution in [1.82, 2.24) is 4.31 Å². The minimum absolute atomic E-state index is 0.0613. The largest absolute Gasteiger partial charge is 0.322 e. The van der Waals surface area contributed by atoms with Crippen LogP contribution in [0, 0.1) is 19.7 Å². The average molecular weight is 405 g/mol. The molecule has 28 heavy (non-hydrogen) atoms. The van der Waals surface area contributed by atoms with Gasteiger partial charge in [-0.2, -0.15) is 4.31 Å². The summed E-state index contributed by atoms with van der Waals surface area (Å²) in [4.78, 5) is 12.6. The lowest BCUT2D eigenvalue weighted by atomic mass is 10.1. The zero-order chi connectivity index (χ0) is 20.5. The molecule has 0 saturated carbocycles. The second-order valence-electron chi connectivity index (χ2n) is 7.30. The molecule has 1 fully saturated rings. The standard InChI is InChI=1S/C21H25FN2O3S/c1-14-7-6-9-20(16(14)3)23-21(25)18-13-17(10-11-19(18)22)28(26,27)24-12-5-4-8-15(24)2/h6-7,9-11,13,15H,4-5,8,12H2,1-3H3,(H,23,25). The second kappa shape index (κ2) is 8.01. The van der Waals surface area contributed by atoms with Gasteiger partial charge in [-0.05, 0) is 69.0 Å². The Hall–Kier alpha value is -2.25. The molecule has 2 aromatic carbocycles. The maximum Gasteiger partial charge on any atom is 0.258 e. The summed E-state index contributed by atoms with van der Waals surface area (Å²) in [5, 5.41) is 2.69. The Morgan fingerprint density at radius 1 is 1.18 bits per heavy atom. The van der Waals surface area contributed by atoms with E-state index in [1.807, 2.05) is 26.8 Å². The van der Waals surface area contributed by atoms with Gasteiger partial charge in [-0.25, -0.2) is 12.8 Å². The molecule has 1 heterocycles. The summed E-state index contributed by atoms with van der Waals surface area (Å²) in [6.07, 6.45) is 2.57. The van der Waals surface area contributed by atoms with Crippen molar-refractivity contribution in [2.24, 2.45) is 0 Å². The predicted octanol–water partition coefficient (Wildman–Crippen LogP) is 4.26. The van der Waals surface area contributed by atoms with Crippen LogP contribution in [0.2, 0.25) is 0 Å². The Kier molecular flexibility index (Phi) is 5.86. The van der Waals surface area contributed by atoms with Crippen LogP contribution in [0.5, 0.6) is 0 Å². The number of nitrogens with zero attached hydrogens (tertiary/aromatic N) is 1. The number of benzene rings is 2. The molecule has 1 unspecified atom stereocenters. The van der Waals surface area contributed by atoms with Crippen LogP contribution in [0.25, 0.3) is 0 Å². The molecule has 0 spiro atoms. The number of sulfonamides is 1. The number of piperidine rings is 1. The number of halogens is 1. The fourth-order valence-corrected chi connectivity index (χ4v) is 5.21. The molecule has 1 saturated heterocycles. The van der Waals surface area contributed by atoms with E-state index in [-0.39, 0.29) is 16.5 Å². The van der Waals surface area contributed by atoms with Gasteiger partial charge in [-0.15, -0.1) is 0 Å². The van der Waals surface area contributed by atoms with Crippen LogP contribution in [0.4, 0.5) is 10.1 Å². The van der Waals surface area contributed by atoms with Crippen molar-refractivity contribution in [3.8, 4) is 0 Å². The fraction of sp³-hybridized carbons (Fsp3) is 0.381. The SMILES string of the molecule is Cc1cccc(NC(=O)c2cc(S(=O)(=O)N3CCCCC3C)ccc2F)c1C. The number of aryl methyl sites for hydroxylation is 1. The first-order valence-corrected chi connectivity index (χ1v) is 10.8. The van der Waals surface area contributed by atoms with Crippen LogP contribution in [-0.2, 0) is 10.0 Å². The number of rotatable bonds is 4. The molecule has 2 aromatic rings. The van der Waals surface area contributed by atoms with E-state index >= 15 is 0 Å². The Morgan fingerprint density at radius 2 is 1.93 bits per heavy atom. The smallest absolute Gasteiger partial charge is 0.258 e. The number of amides is 1.